The molecule has 2 unspecified atom stereocenters. The van der Waals surface area contributed by atoms with Crippen molar-refractivity contribution in [3.8, 4) is 0 Å². The lowest BCUT2D eigenvalue weighted by Crippen LogP contribution is -2.23. The van der Waals surface area contributed by atoms with Gasteiger partial charge in [0.1, 0.15) is 0 Å². The Kier molecular flexibility index (Phi) is 3.66. The number of hydrogen-bond acceptors (Lipinski definition) is 5. The monoisotopic (exact) mass is 360 g/mol. The normalized spacial score (nSPS) is 20.8. The second kappa shape index (κ2) is 5.63. The van der Waals surface area contributed by atoms with Gasteiger partial charge in [-0.15, -0.1) is 0 Å². The highest BCUT2D eigenvalue weighted by Crippen LogP contribution is 2.41. The summed E-state index contributed by atoms with van der Waals surface area (Å²) in [6.45, 7) is 2.16. The fourth-order valence-electron chi connectivity index (χ4n) is 3.70. The number of nitrogens with zero attached hydrogens (tertiary/aromatic N) is 3. The van der Waals surface area contributed by atoms with Gasteiger partial charge >= 0.3 is 6.03 Å². The Bertz CT molecular complexity index is 979. The van der Waals surface area contributed by atoms with Gasteiger partial charge in [-0.3, -0.25) is 4.98 Å². The van der Waals surface area contributed by atoms with E-state index in [1.54, 1.807) is 0 Å². The first-order chi connectivity index (χ1) is 11.8. The molecule has 2 aromatic heterocycles. The lowest BCUT2D eigenvalue weighted by atomic mass is 10.0. The van der Waals surface area contributed by atoms with E-state index in [1.165, 1.54) is 12.3 Å². The van der Waals surface area contributed by atoms with E-state index >= 15 is 0 Å². The number of aryl methyl sites for hydroxylation is 1. The molecule has 0 aromatic carbocycles. The number of pyridine rings is 1. The van der Waals surface area contributed by atoms with Crippen LogP contribution < -0.4 is 10.5 Å². The minimum Gasteiger partial charge on any atom is -0.305 e. The highest BCUT2D eigenvalue weighted by Gasteiger charge is 2.30. The van der Waals surface area contributed by atoms with Crippen LogP contribution in [0, 0.1) is 4.78 Å². The number of carbonyl (C=O) groups excluding carboxylic acids is 1. The molecule has 0 saturated carbocycles. The minimum absolute atomic E-state index is 0.110. The largest absolute Gasteiger partial charge is 0.346 e. The van der Waals surface area contributed by atoms with E-state index in [4.69, 9.17) is 14.9 Å². The summed E-state index contributed by atoms with van der Waals surface area (Å²) in [6.07, 6.45) is 6.21. The van der Waals surface area contributed by atoms with Crippen molar-refractivity contribution in [2.75, 3.05) is 5.32 Å². The average molecular weight is 360 g/mol. The predicted molar refractivity (Wildman–Crippen MR) is 93.0 cm³/mol. The summed E-state index contributed by atoms with van der Waals surface area (Å²) in [7, 11) is -3.44. The molecule has 0 spiro atoms. The summed E-state index contributed by atoms with van der Waals surface area (Å²) in [6, 6.07) is 0.884. The van der Waals surface area contributed by atoms with Crippen LogP contribution >= 0.6 is 0 Å². The first-order valence-corrected chi connectivity index (χ1v) is 9.95. The molecule has 1 amide bonds. The van der Waals surface area contributed by atoms with Gasteiger partial charge in [0.15, 0.2) is 14.9 Å². The molecular weight excluding hydrogens is 340 g/mol. The van der Waals surface area contributed by atoms with Crippen molar-refractivity contribution in [2.45, 2.75) is 50.0 Å². The number of fused-ring (bicyclic) bond motifs is 2. The maximum atomic E-state index is 12.6. The molecule has 8 nitrogen and oxygen atoms in total. The fourth-order valence-corrected chi connectivity index (χ4v) is 4.17. The molecule has 0 aliphatic heterocycles. The van der Waals surface area contributed by atoms with Crippen LogP contribution in [0.25, 0.3) is 0 Å². The first-order valence-electron chi connectivity index (χ1n) is 8.32. The van der Waals surface area contributed by atoms with E-state index in [-0.39, 0.29) is 5.03 Å². The second-order valence-corrected chi connectivity index (χ2v) is 8.32. The van der Waals surface area contributed by atoms with E-state index in [1.807, 2.05) is 0 Å². The van der Waals surface area contributed by atoms with Crippen LogP contribution in [0.4, 0.5) is 10.5 Å². The minimum atomic E-state index is -3.44. The zero-order chi connectivity index (χ0) is 17.8. The zero-order valence-electron chi connectivity index (χ0n) is 13.9. The molecule has 9 heteroatoms. The molecule has 0 saturated heterocycles. The predicted octanol–water partition coefficient (Wildman–Crippen LogP) is 2.18. The van der Waals surface area contributed by atoms with Crippen LogP contribution in [0.1, 0.15) is 48.2 Å². The maximum absolute atomic E-state index is 12.6. The molecule has 2 aliphatic carbocycles. The van der Waals surface area contributed by atoms with Gasteiger partial charge in [-0.25, -0.2) is 18.9 Å². The number of carbonyl (C=O) groups is 1. The maximum Gasteiger partial charge on any atom is 0.346 e. The molecule has 2 heterocycles. The Morgan fingerprint density at radius 1 is 1.40 bits per heavy atom. The van der Waals surface area contributed by atoms with Crippen molar-refractivity contribution in [1.29, 1.82) is 4.78 Å². The SMILES string of the molecule is CC1CCc2c1nc1c(c2NC(=O)n2ccc(S(=N)(N)=O)n2)CCC1. The smallest absolute Gasteiger partial charge is 0.305 e. The van der Waals surface area contributed by atoms with Crippen molar-refractivity contribution >= 4 is 21.6 Å². The van der Waals surface area contributed by atoms with Crippen LogP contribution in [0.3, 0.4) is 0 Å². The summed E-state index contributed by atoms with van der Waals surface area (Å²) in [5.41, 5.74) is 5.28. The van der Waals surface area contributed by atoms with Gasteiger partial charge in [-0.05, 0) is 55.2 Å². The van der Waals surface area contributed by atoms with Crippen molar-refractivity contribution < 1.29 is 9.00 Å². The van der Waals surface area contributed by atoms with Crippen molar-refractivity contribution in [3.63, 3.8) is 0 Å². The Morgan fingerprint density at radius 2 is 2.20 bits per heavy atom. The van der Waals surface area contributed by atoms with Crippen molar-refractivity contribution in [2.24, 2.45) is 5.14 Å². The number of nitrogens with two attached hydrogens (primary N) is 1. The number of hydrogen-bond donors (Lipinski definition) is 3. The van der Waals surface area contributed by atoms with Crippen molar-refractivity contribution in [3.05, 3.63) is 34.8 Å². The summed E-state index contributed by atoms with van der Waals surface area (Å²) < 4.78 is 20.0. The van der Waals surface area contributed by atoms with E-state index in [9.17, 15) is 9.00 Å². The third kappa shape index (κ3) is 2.73. The van der Waals surface area contributed by atoms with Gasteiger partial charge in [0.25, 0.3) is 0 Å². The summed E-state index contributed by atoms with van der Waals surface area (Å²) in [5, 5.41) is 12.0. The number of aromatic nitrogens is 3. The quantitative estimate of drug-likeness (QED) is 0.758. The van der Waals surface area contributed by atoms with E-state index in [2.05, 4.69) is 17.3 Å². The molecule has 4 N–H and O–H groups in total. The fraction of sp³-hybridized carbons (Fsp3) is 0.438. The van der Waals surface area contributed by atoms with Crippen LogP contribution in [0.15, 0.2) is 17.3 Å². The molecule has 25 heavy (non-hydrogen) atoms. The Balaban J connectivity index is 1.71. The van der Waals surface area contributed by atoms with Crippen LogP contribution in [0.5, 0.6) is 0 Å². The first kappa shape index (κ1) is 16.2. The molecule has 4 rings (SSSR count). The molecule has 2 aromatic rings. The van der Waals surface area contributed by atoms with E-state index in [0.29, 0.717) is 5.92 Å². The van der Waals surface area contributed by atoms with Crippen LogP contribution in [-0.2, 0) is 29.2 Å². The number of anilines is 1. The van der Waals surface area contributed by atoms with E-state index in [0.717, 1.165) is 65.0 Å². The molecule has 0 bridgehead atoms. The molecule has 0 radical (unpaired) electrons. The van der Waals surface area contributed by atoms with Crippen molar-refractivity contribution in [1.82, 2.24) is 14.8 Å². The van der Waals surface area contributed by atoms with Gasteiger partial charge in [0.05, 0.1) is 5.69 Å². The molecule has 132 valence electrons. The van der Waals surface area contributed by atoms with Gasteiger partial charge in [0, 0.05) is 17.6 Å². The molecular formula is C16H20N6O2S. The lowest BCUT2D eigenvalue weighted by molar-refractivity contribution is 0.250. The summed E-state index contributed by atoms with van der Waals surface area (Å²) in [4.78, 5) is 17.4. The second-order valence-electron chi connectivity index (χ2n) is 6.70. The topological polar surface area (TPSA) is 127 Å². The molecule has 2 aliphatic rings. The number of amides is 1. The lowest BCUT2D eigenvalue weighted by Gasteiger charge is -2.16. The Hall–Kier alpha value is -2.26. The standard InChI is InChI=1S/C16H20N6O2S/c1-9-5-6-11-14(9)19-12-4-2-3-10(12)15(11)20-16(23)22-8-7-13(21-22)25(17,18)24/h7-9H,2-6H2,1H3,(H3,17,18,24)(H,19,20,23). The molecule has 2 atom stereocenters. The number of nitrogens with one attached hydrogen (secondary N) is 2. The van der Waals surface area contributed by atoms with Gasteiger partial charge in [0.2, 0.25) is 0 Å². The third-order valence-electron chi connectivity index (χ3n) is 4.97. The highest BCUT2D eigenvalue weighted by molar-refractivity contribution is 7.90. The third-order valence-corrected chi connectivity index (χ3v) is 5.81. The molecule has 0 fully saturated rings. The van der Waals surface area contributed by atoms with Gasteiger partial charge in [-0.1, -0.05) is 6.92 Å². The zero-order valence-corrected chi connectivity index (χ0v) is 14.7. The summed E-state index contributed by atoms with van der Waals surface area (Å²) >= 11 is 0. The van der Waals surface area contributed by atoms with Gasteiger partial charge in [-0.2, -0.15) is 9.78 Å². The van der Waals surface area contributed by atoms with E-state index < -0.39 is 15.9 Å². The Labute approximate surface area is 145 Å². The van der Waals surface area contributed by atoms with Crippen LogP contribution in [-0.4, -0.2) is 25.0 Å². The Morgan fingerprint density at radius 3 is 2.92 bits per heavy atom. The number of rotatable bonds is 2. The van der Waals surface area contributed by atoms with Crippen LogP contribution in [0.2, 0.25) is 0 Å². The highest BCUT2D eigenvalue weighted by atomic mass is 32.2. The van der Waals surface area contributed by atoms with Gasteiger partial charge < -0.3 is 5.32 Å². The average Bonchev–Trinajstić information content (AvgIpc) is 3.26. The summed E-state index contributed by atoms with van der Waals surface area (Å²) in [5.74, 6) is 0.401.